The SMILES string of the molecule is CC1(CC#N)CCC(N2CC(O)(C(F)(F)F)C2)CC1. The Morgan fingerprint density at radius 2 is 1.84 bits per heavy atom. The predicted molar refractivity (Wildman–Crippen MR) is 63.2 cm³/mol. The first-order valence-electron chi connectivity index (χ1n) is 6.59. The molecule has 1 aliphatic heterocycles. The molecule has 1 saturated heterocycles. The van der Waals surface area contributed by atoms with Gasteiger partial charge in [0.15, 0.2) is 5.60 Å². The number of nitriles is 1. The quantitative estimate of drug-likeness (QED) is 0.842. The number of hydrogen-bond acceptors (Lipinski definition) is 3. The van der Waals surface area contributed by atoms with E-state index in [1.807, 2.05) is 0 Å². The lowest BCUT2D eigenvalue weighted by molar-refractivity contribution is -0.307. The van der Waals surface area contributed by atoms with Gasteiger partial charge in [-0.3, -0.25) is 4.90 Å². The van der Waals surface area contributed by atoms with E-state index >= 15 is 0 Å². The van der Waals surface area contributed by atoms with Gasteiger partial charge < -0.3 is 5.11 Å². The van der Waals surface area contributed by atoms with Gasteiger partial charge in [0.25, 0.3) is 0 Å². The largest absolute Gasteiger partial charge is 0.419 e. The first kappa shape index (κ1) is 14.6. The summed E-state index contributed by atoms with van der Waals surface area (Å²) in [6, 6.07) is 2.30. The maximum absolute atomic E-state index is 12.5. The number of rotatable bonds is 2. The van der Waals surface area contributed by atoms with E-state index in [4.69, 9.17) is 5.26 Å². The Kier molecular flexibility index (Phi) is 3.56. The van der Waals surface area contributed by atoms with Crippen molar-refractivity contribution < 1.29 is 18.3 Å². The summed E-state index contributed by atoms with van der Waals surface area (Å²) < 4.78 is 37.6. The van der Waals surface area contributed by atoms with Crippen LogP contribution in [-0.2, 0) is 0 Å². The van der Waals surface area contributed by atoms with E-state index < -0.39 is 11.8 Å². The van der Waals surface area contributed by atoms with Crippen molar-refractivity contribution in [3.8, 4) is 6.07 Å². The molecule has 0 spiro atoms. The Balaban J connectivity index is 1.84. The number of β-amino-alcohol motifs (C(OH)–C–C–N with tert-alkyl or cyclic N) is 1. The van der Waals surface area contributed by atoms with E-state index in [0.717, 1.165) is 25.7 Å². The Bertz CT molecular complexity index is 374. The molecule has 2 aliphatic rings. The fraction of sp³-hybridized carbons (Fsp3) is 0.923. The highest BCUT2D eigenvalue weighted by molar-refractivity contribution is 5.04. The number of likely N-dealkylation sites (tertiary alicyclic amines) is 1. The van der Waals surface area contributed by atoms with Gasteiger partial charge >= 0.3 is 6.18 Å². The van der Waals surface area contributed by atoms with Crippen molar-refractivity contribution in [2.24, 2.45) is 5.41 Å². The molecule has 19 heavy (non-hydrogen) atoms. The molecule has 2 rings (SSSR count). The number of hydrogen-bond donors (Lipinski definition) is 1. The van der Waals surface area contributed by atoms with E-state index in [0.29, 0.717) is 6.42 Å². The molecule has 0 aromatic carbocycles. The van der Waals surface area contributed by atoms with E-state index in [9.17, 15) is 18.3 Å². The third-order valence-corrected chi connectivity index (χ3v) is 4.64. The van der Waals surface area contributed by atoms with Crippen LogP contribution in [0.25, 0.3) is 0 Å². The summed E-state index contributed by atoms with van der Waals surface area (Å²) in [5, 5.41) is 18.2. The van der Waals surface area contributed by atoms with Gasteiger partial charge in [0.2, 0.25) is 0 Å². The van der Waals surface area contributed by atoms with E-state index in [2.05, 4.69) is 13.0 Å². The molecule has 0 aromatic rings. The third-order valence-electron chi connectivity index (χ3n) is 4.64. The molecule has 2 fully saturated rings. The van der Waals surface area contributed by atoms with Gasteiger partial charge in [-0.2, -0.15) is 18.4 Å². The van der Waals surface area contributed by atoms with Gasteiger partial charge in [0.05, 0.1) is 6.07 Å². The summed E-state index contributed by atoms with van der Waals surface area (Å²) in [6.45, 7) is 1.45. The van der Waals surface area contributed by atoms with Crippen LogP contribution in [0.5, 0.6) is 0 Å². The average Bonchev–Trinajstić information content (AvgIpc) is 2.25. The highest BCUT2D eigenvalue weighted by Crippen LogP contribution is 2.44. The lowest BCUT2D eigenvalue weighted by Gasteiger charge is -2.52. The number of halogens is 3. The first-order chi connectivity index (χ1) is 8.69. The van der Waals surface area contributed by atoms with Gasteiger partial charge in [-0.1, -0.05) is 6.92 Å². The fourth-order valence-corrected chi connectivity index (χ4v) is 3.10. The van der Waals surface area contributed by atoms with Crippen molar-refractivity contribution >= 4 is 0 Å². The third kappa shape index (κ3) is 2.72. The summed E-state index contributed by atoms with van der Waals surface area (Å²) >= 11 is 0. The zero-order valence-corrected chi connectivity index (χ0v) is 11.0. The summed E-state index contributed by atoms with van der Waals surface area (Å²) in [5.41, 5.74) is -2.50. The normalized spacial score (nSPS) is 35.5. The van der Waals surface area contributed by atoms with Crippen LogP contribution in [0.2, 0.25) is 0 Å². The van der Waals surface area contributed by atoms with Gasteiger partial charge in [0, 0.05) is 25.6 Å². The molecule has 3 nitrogen and oxygen atoms in total. The molecule has 0 bridgehead atoms. The van der Waals surface area contributed by atoms with Gasteiger partial charge in [-0.15, -0.1) is 0 Å². The summed E-state index contributed by atoms with van der Waals surface area (Å²) in [5.74, 6) is 0. The smallest absolute Gasteiger partial charge is 0.378 e. The fourth-order valence-electron chi connectivity index (χ4n) is 3.10. The summed E-state index contributed by atoms with van der Waals surface area (Å²) in [6.07, 6.45) is -0.670. The van der Waals surface area contributed by atoms with Crippen molar-refractivity contribution in [3.05, 3.63) is 0 Å². The van der Waals surface area contributed by atoms with E-state index in [1.54, 1.807) is 4.90 Å². The van der Waals surface area contributed by atoms with Crippen LogP contribution < -0.4 is 0 Å². The van der Waals surface area contributed by atoms with Crippen LogP contribution >= 0.6 is 0 Å². The zero-order valence-electron chi connectivity index (χ0n) is 11.0. The molecule has 1 N–H and O–H groups in total. The second-order valence-electron chi connectivity index (χ2n) is 6.31. The number of nitrogens with zero attached hydrogens (tertiary/aromatic N) is 2. The van der Waals surface area contributed by atoms with Crippen LogP contribution in [0.15, 0.2) is 0 Å². The second-order valence-corrected chi connectivity index (χ2v) is 6.31. The molecule has 0 atom stereocenters. The van der Waals surface area contributed by atoms with Crippen LogP contribution in [-0.4, -0.2) is 40.9 Å². The second kappa shape index (κ2) is 4.64. The molecule has 0 unspecified atom stereocenters. The Labute approximate surface area is 111 Å². The van der Waals surface area contributed by atoms with Crippen LogP contribution in [0.1, 0.15) is 39.0 Å². The van der Waals surface area contributed by atoms with Crippen molar-refractivity contribution in [1.29, 1.82) is 5.26 Å². The Hall–Kier alpha value is -0.800. The monoisotopic (exact) mass is 276 g/mol. The van der Waals surface area contributed by atoms with Crippen molar-refractivity contribution in [2.75, 3.05) is 13.1 Å². The molecule has 6 heteroatoms. The topological polar surface area (TPSA) is 47.3 Å². The Morgan fingerprint density at radius 1 is 1.32 bits per heavy atom. The summed E-state index contributed by atoms with van der Waals surface area (Å²) in [7, 11) is 0. The minimum atomic E-state index is -4.53. The highest BCUT2D eigenvalue weighted by atomic mass is 19.4. The highest BCUT2D eigenvalue weighted by Gasteiger charge is 2.61. The molecule has 0 radical (unpaired) electrons. The van der Waals surface area contributed by atoms with Crippen LogP contribution in [0.3, 0.4) is 0 Å². The summed E-state index contributed by atoms with van der Waals surface area (Å²) in [4.78, 5) is 1.72. The van der Waals surface area contributed by atoms with Crippen LogP contribution in [0, 0.1) is 16.7 Å². The minimum absolute atomic E-state index is 0.0104. The molecular weight excluding hydrogens is 257 g/mol. The zero-order chi connectivity index (χ0) is 14.3. The van der Waals surface area contributed by atoms with E-state index in [-0.39, 0.29) is 24.5 Å². The maximum Gasteiger partial charge on any atom is 0.419 e. The number of aliphatic hydroxyl groups is 1. The van der Waals surface area contributed by atoms with Gasteiger partial charge in [-0.25, -0.2) is 0 Å². The molecule has 1 heterocycles. The minimum Gasteiger partial charge on any atom is -0.378 e. The van der Waals surface area contributed by atoms with Crippen LogP contribution in [0.4, 0.5) is 13.2 Å². The lowest BCUT2D eigenvalue weighted by Crippen LogP contribution is -2.71. The molecule has 0 amide bonds. The average molecular weight is 276 g/mol. The van der Waals surface area contributed by atoms with Gasteiger partial charge in [0.1, 0.15) is 0 Å². The van der Waals surface area contributed by atoms with Crippen molar-refractivity contribution in [1.82, 2.24) is 4.90 Å². The maximum atomic E-state index is 12.5. The van der Waals surface area contributed by atoms with Crippen molar-refractivity contribution in [3.63, 3.8) is 0 Å². The molecule has 1 saturated carbocycles. The van der Waals surface area contributed by atoms with Gasteiger partial charge in [-0.05, 0) is 31.1 Å². The van der Waals surface area contributed by atoms with E-state index in [1.165, 1.54) is 0 Å². The molecular formula is C13H19F3N2O. The molecule has 0 aromatic heterocycles. The molecule has 108 valence electrons. The van der Waals surface area contributed by atoms with Crippen molar-refractivity contribution in [2.45, 2.75) is 56.8 Å². The predicted octanol–water partition coefficient (Wildman–Crippen LogP) is 2.46. The first-order valence-corrected chi connectivity index (χ1v) is 6.59. The molecule has 1 aliphatic carbocycles. The number of alkyl halides is 3. The lowest BCUT2D eigenvalue weighted by atomic mass is 9.71. The standard InChI is InChI=1S/C13H19F3N2O/c1-11(6-7-17)4-2-10(3-5-11)18-8-12(19,9-18)13(14,15)16/h10,19H,2-6,8-9H2,1H3. The Morgan fingerprint density at radius 3 is 2.26 bits per heavy atom.